The lowest BCUT2D eigenvalue weighted by molar-refractivity contribution is 0.0376. The molecule has 0 aliphatic carbocycles. The molecule has 0 amide bonds. The molecule has 0 atom stereocenters. The minimum absolute atomic E-state index is 0. The van der Waals surface area contributed by atoms with E-state index < -0.39 is 0 Å². The third kappa shape index (κ3) is 7.21. The molecule has 166 valence electrons. The van der Waals surface area contributed by atoms with Crippen LogP contribution in [0, 0.1) is 12.7 Å². The molecule has 0 unspecified atom stereocenters. The molecule has 9 heteroatoms. The number of nitrogens with zero attached hydrogens (tertiary/aromatic N) is 4. The largest absolute Gasteiger partial charge is 0.379 e. The number of morpholine rings is 1. The van der Waals surface area contributed by atoms with Crippen LogP contribution in [0.25, 0.3) is 5.69 Å². The van der Waals surface area contributed by atoms with Gasteiger partial charge in [0.05, 0.1) is 25.4 Å². The molecule has 2 N–H and O–H groups in total. The molecular formula is C21H32FIN6O. The van der Waals surface area contributed by atoms with E-state index in [1.165, 1.54) is 0 Å². The number of nitrogens with one attached hydrogen (secondary N) is 2. The number of aromatic nitrogens is 2. The van der Waals surface area contributed by atoms with Crippen LogP contribution in [-0.2, 0) is 11.3 Å². The Kier molecular flexibility index (Phi) is 10.5. The quantitative estimate of drug-likeness (QED) is 0.238. The highest BCUT2D eigenvalue weighted by Crippen LogP contribution is 2.17. The number of guanidine groups is 1. The topological polar surface area (TPSA) is 66.7 Å². The maximum Gasteiger partial charge on any atom is 0.191 e. The van der Waals surface area contributed by atoms with Gasteiger partial charge < -0.3 is 19.9 Å². The Balaban J connectivity index is 0.00000320. The highest BCUT2D eigenvalue weighted by atomic mass is 127. The lowest BCUT2D eigenvalue weighted by Gasteiger charge is -2.26. The van der Waals surface area contributed by atoms with E-state index >= 15 is 0 Å². The van der Waals surface area contributed by atoms with Crippen LogP contribution in [-0.4, -0.2) is 66.3 Å². The summed E-state index contributed by atoms with van der Waals surface area (Å²) in [6.45, 7) is 10.6. The summed E-state index contributed by atoms with van der Waals surface area (Å²) in [4.78, 5) is 11.2. The molecule has 1 aromatic heterocycles. The van der Waals surface area contributed by atoms with E-state index in [9.17, 15) is 4.39 Å². The van der Waals surface area contributed by atoms with Gasteiger partial charge in [-0.15, -0.1) is 24.0 Å². The Morgan fingerprint density at radius 3 is 2.73 bits per heavy atom. The van der Waals surface area contributed by atoms with Crippen LogP contribution < -0.4 is 10.6 Å². The van der Waals surface area contributed by atoms with Crippen molar-refractivity contribution in [2.45, 2.75) is 26.8 Å². The summed E-state index contributed by atoms with van der Waals surface area (Å²) in [6, 6.07) is 5.22. The maximum absolute atomic E-state index is 14.5. The van der Waals surface area contributed by atoms with Crippen molar-refractivity contribution in [3.05, 3.63) is 47.8 Å². The van der Waals surface area contributed by atoms with Crippen LogP contribution in [0.15, 0.2) is 35.6 Å². The van der Waals surface area contributed by atoms with Crippen molar-refractivity contribution < 1.29 is 9.13 Å². The Bertz CT molecular complexity index is 807. The molecular weight excluding hydrogens is 498 g/mol. The molecule has 1 aliphatic heterocycles. The van der Waals surface area contributed by atoms with Crippen molar-refractivity contribution in [1.82, 2.24) is 25.1 Å². The average molecular weight is 530 g/mol. The van der Waals surface area contributed by atoms with E-state index in [2.05, 4.69) is 25.5 Å². The Morgan fingerprint density at radius 1 is 1.27 bits per heavy atom. The van der Waals surface area contributed by atoms with Gasteiger partial charge in [-0.1, -0.05) is 6.07 Å². The molecule has 0 spiro atoms. The smallest absolute Gasteiger partial charge is 0.191 e. The zero-order valence-electron chi connectivity index (χ0n) is 17.7. The molecule has 1 aromatic carbocycles. The zero-order chi connectivity index (χ0) is 20.5. The number of imidazole rings is 1. The molecule has 0 saturated carbocycles. The van der Waals surface area contributed by atoms with Gasteiger partial charge in [-0.3, -0.25) is 4.90 Å². The zero-order valence-corrected chi connectivity index (χ0v) is 20.1. The van der Waals surface area contributed by atoms with Gasteiger partial charge >= 0.3 is 0 Å². The standard InChI is InChI=1S/C21H31FN6O.HI/c1-3-23-21(25-7-4-9-27-11-13-29-14-12-27)26-16-18-5-6-20(19(22)15-18)28-10-8-24-17(28)2;/h5-6,8,10,15H,3-4,7,9,11-14,16H2,1-2H3,(H2,23,25,26);1H. The minimum Gasteiger partial charge on any atom is -0.379 e. The highest BCUT2D eigenvalue weighted by Gasteiger charge is 2.10. The first-order valence-corrected chi connectivity index (χ1v) is 10.3. The van der Waals surface area contributed by atoms with Gasteiger partial charge in [0, 0.05) is 38.6 Å². The number of halogens is 2. The molecule has 1 saturated heterocycles. The third-order valence-electron chi connectivity index (χ3n) is 4.91. The fourth-order valence-corrected chi connectivity index (χ4v) is 3.32. The fraction of sp³-hybridized carbons (Fsp3) is 0.524. The molecule has 7 nitrogen and oxygen atoms in total. The van der Waals surface area contributed by atoms with E-state index in [4.69, 9.17) is 4.74 Å². The van der Waals surface area contributed by atoms with Crippen LogP contribution in [0.5, 0.6) is 0 Å². The number of hydrogen-bond acceptors (Lipinski definition) is 4. The summed E-state index contributed by atoms with van der Waals surface area (Å²) in [5.41, 5.74) is 1.33. The molecule has 2 aromatic rings. The van der Waals surface area contributed by atoms with Crippen molar-refractivity contribution in [2.75, 3.05) is 45.9 Å². The van der Waals surface area contributed by atoms with Gasteiger partial charge in [-0.2, -0.15) is 0 Å². The molecule has 3 rings (SSSR count). The summed E-state index contributed by atoms with van der Waals surface area (Å²) >= 11 is 0. The Hall–Kier alpha value is -1.72. The van der Waals surface area contributed by atoms with Gasteiger partial charge in [0.25, 0.3) is 0 Å². The average Bonchev–Trinajstić information content (AvgIpc) is 3.15. The lowest BCUT2D eigenvalue weighted by Crippen LogP contribution is -2.40. The van der Waals surface area contributed by atoms with Crippen LogP contribution in [0.1, 0.15) is 24.7 Å². The van der Waals surface area contributed by atoms with Crippen molar-refractivity contribution >= 4 is 29.9 Å². The molecule has 1 aliphatic rings. The van der Waals surface area contributed by atoms with E-state index in [-0.39, 0.29) is 29.8 Å². The number of benzene rings is 1. The monoisotopic (exact) mass is 530 g/mol. The van der Waals surface area contributed by atoms with E-state index in [1.54, 1.807) is 29.1 Å². The van der Waals surface area contributed by atoms with Crippen LogP contribution in [0.3, 0.4) is 0 Å². The molecule has 2 heterocycles. The van der Waals surface area contributed by atoms with E-state index in [1.807, 2.05) is 19.9 Å². The molecule has 1 fully saturated rings. The Morgan fingerprint density at radius 2 is 2.07 bits per heavy atom. The molecule has 30 heavy (non-hydrogen) atoms. The molecule has 0 bridgehead atoms. The van der Waals surface area contributed by atoms with Gasteiger partial charge in [0.1, 0.15) is 11.6 Å². The van der Waals surface area contributed by atoms with E-state index in [0.29, 0.717) is 12.2 Å². The predicted molar refractivity (Wildman–Crippen MR) is 128 cm³/mol. The van der Waals surface area contributed by atoms with E-state index in [0.717, 1.165) is 69.7 Å². The number of ether oxygens (including phenoxy) is 1. The first-order valence-electron chi connectivity index (χ1n) is 10.3. The Labute approximate surface area is 195 Å². The maximum atomic E-state index is 14.5. The number of rotatable bonds is 8. The predicted octanol–water partition coefficient (Wildman–Crippen LogP) is 2.72. The van der Waals surface area contributed by atoms with Crippen molar-refractivity contribution in [3.63, 3.8) is 0 Å². The van der Waals surface area contributed by atoms with Crippen LogP contribution in [0.2, 0.25) is 0 Å². The van der Waals surface area contributed by atoms with Crippen LogP contribution in [0.4, 0.5) is 4.39 Å². The summed E-state index contributed by atoms with van der Waals surface area (Å²) in [5, 5.41) is 6.61. The summed E-state index contributed by atoms with van der Waals surface area (Å²) in [5.74, 6) is 1.23. The van der Waals surface area contributed by atoms with Crippen molar-refractivity contribution in [3.8, 4) is 5.69 Å². The lowest BCUT2D eigenvalue weighted by atomic mass is 10.2. The van der Waals surface area contributed by atoms with Crippen LogP contribution >= 0.6 is 24.0 Å². The van der Waals surface area contributed by atoms with Gasteiger partial charge in [-0.05, 0) is 44.5 Å². The van der Waals surface area contributed by atoms with Crippen molar-refractivity contribution in [1.29, 1.82) is 0 Å². The normalized spacial score (nSPS) is 15.0. The van der Waals surface area contributed by atoms with Gasteiger partial charge in [0.2, 0.25) is 0 Å². The minimum atomic E-state index is -0.276. The van der Waals surface area contributed by atoms with Crippen molar-refractivity contribution in [2.24, 2.45) is 4.99 Å². The second kappa shape index (κ2) is 12.9. The number of aliphatic imine (C=N–C) groups is 1. The first-order chi connectivity index (χ1) is 14.2. The highest BCUT2D eigenvalue weighted by molar-refractivity contribution is 14.0. The second-order valence-electron chi connectivity index (χ2n) is 7.06. The first kappa shape index (κ1) is 24.5. The summed E-state index contributed by atoms with van der Waals surface area (Å²) in [7, 11) is 0. The molecule has 0 radical (unpaired) electrons. The third-order valence-corrected chi connectivity index (χ3v) is 4.91. The number of aryl methyl sites for hydroxylation is 1. The van der Waals surface area contributed by atoms with Gasteiger partial charge in [0.15, 0.2) is 5.96 Å². The second-order valence-corrected chi connectivity index (χ2v) is 7.06. The fourth-order valence-electron chi connectivity index (χ4n) is 3.32. The summed E-state index contributed by atoms with van der Waals surface area (Å²) < 4.78 is 21.7. The summed E-state index contributed by atoms with van der Waals surface area (Å²) in [6.07, 6.45) is 4.47. The number of hydrogen-bond donors (Lipinski definition) is 2. The SMILES string of the molecule is CCNC(=NCc1ccc(-n2ccnc2C)c(F)c1)NCCCN1CCOCC1.I. The van der Waals surface area contributed by atoms with Gasteiger partial charge in [-0.25, -0.2) is 14.4 Å².